The summed E-state index contributed by atoms with van der Waals surface area (Å²) in [7, 11) is -3.57. The number of hydrogen-bond donors (Lipinski definition) is 1. The number of aryl methyl sites for hydroxylation is 2. The molecule has 0 heterocycles. The van der Waals surface area contributed by atoms with E-state index < -0.39 is 15.8 Å². The Hall–Kier alpha value is -0.940. The summed E-state index contributed by atoms with van der Waals surface area (Å²) in [5.41, 5.74) is 1.06. The van der Waals surface area contributed by atoms with E-state index in [1.165, 1.54) is 12.1 Å². The summed E-state index contributed by atoms with van der Waals surface area (Å²) >= 11 is 0. The molecule has 1 saturated carbocycles. The van der Waals surface area contributed by atoms with Crippen molar-refractivity contribution in [3.05, 3.63) is 29.1 Å². The van der Waals surface area contributed by atoms with Crippen LogP contribution in [0.5, 0.6) is 0 Å². The van der Waals surface area contributed by atoms with Gasteiger partial charge in [0.1, 0.15) is 5.82 Å². The average molecular weight is 299 g/mol. The van der Waals surface area contributed by atoms with Crippen molar-refractivity contribution in [2.45, 2.75) is 51.3 Å². The molecule has 1 aromatic rings. The highest BCUT2D eigenvalue weighted by Crippen LogP contribution is 2.49. The van der Waals surface area contributed by atoms with Crippen molar-refractivity contribution in [2.24, 2.45) is 5.41 Å². The topological polar surface area (TPSA) is 46.2 Å². The fourth-order valence-electron chi connectivity index (χ4n) is 2.86. The van der Waals surface area contributed by atoms with Crippen LogP contribution in [-0.2, 0) is 10.0 Å². The van der Waals surface area contributed by atoms with Gasteiger partial charge in [-0.05, 0) is 61.8 Å². The van der Waals surface area contributed by atoms with Gasteiger partial charge in [-0.25, -0.2) is 17.5 Å². The van der Waals surface area contributed by atoms with Crippen LogP contribution in [0.1, 0.15) is 43.7 Å². The summed E-state index contributed by atoms with van der Waals surface area (Å²) in [6, 6.07) is 2.53. The van der Waals surface area contributed by atoms with Crippen molar-refractivity contribution in [3.63, 3.8) is 0 Å². The predicted octanol–water partition coefficient (Wildman–Crippen LogP) is 3.30. The molecule has 0 saturated heterocycles. The second-order valence-electron chi connectivity index (χ2n) is 5.94. The van der Waals surface area contributed by atoms with E-state index in [0.29, 0.717) is 17.7 Å². The van der Waals surface area contributed by atoms with Gasteiger partial charge in [0, 0.05) is 6.54 Å². The minimum atomic E-state index is -3.57. The lowest BCUT2D eigenvalue weighted by atomic mass is 10.0. The summed E-state index contributed by atoms with van der Waals surface area (Å²) in [5.74, 6) is -0.399. The SMILES string of the molecule is CCCC1(CNS(=O)(=O)c2c(C)cc(F)cc2C)CC1. The van der Waals surface area contributed by atoms with E-state index in [0.717, 1.165) is 25.7 Å². The van der Waals surface area contributed by atoms with Crippen molar-refractivity contribution in [1.29, 1.82) is 0 Å². The zero-order valence-corrected chi connectivity index (χ0v) is 13.1. The number of benzene rings is 1. The zero-order chi connectivity index (χ0) is 15.0. The Kier molecular flexibility index (Phi) is 4.21. The van der Waals surface area contributed by atoms with Gasteiger partial charge in [-0.3, -0.25) is 0 Å². The normalized spacial score (nSPS) is 17.2. The highest BCUT2D eigenvalue weighted by molar-refractivity contribution is 7.89. The first kappa shape index (κ1) is 15.4. The maximum absolute atomic E-state index is 13.3. The van der Waals surface area contributed by atoms with Gasteiger partial charge in [0.25, 0.3) is 0 Å². The van der Waals surface area contributed by atoms with Gasteiger partial charge in [0.2, 0.25) is 10.0 Å². The van der Waals surface area contributed by atoms with Crippen molar-refractivity contribution in [1.82, 2.24) is 4.72 Å². The van der Waals surface area contributed by atoms with Gasteiger partial charge >= 0.3 is 0 Å². The minimum absolute atomic E-state index is 0.156. The van der Waals surface area contributed by atoms with Gasteiger partial charge in [-0.2, -0.15) is 0 Å². The number of halogens is 1. The molecule has 3 nitrogen and oxygen atoms in total. The number of sulfonamides is 1. The molecular formula is C15H22FNO2S. The van der Waals surface area contributed by atoms with Crippen molar-refractivity contribution < 1.29 is 12.8 Å². The molecule has 0 aliphatic heterocycles. The standard InChI is InChI=1S/C15H22FNO2S/c1-4-5-15(6-7-15)10-17-20(18,19)14-11(2)8-13(16)9-12(14)3/h8-9,17H,4-7,10H2,1-3H3. The van der Waals surface area contributed by atoms with Crippen molar-refractivity contribution in [3.8, 4) is 0 Å². The fourth-order valence-corrected chi connectivity index (χ4v) is 4.47. The quantitative estimate of drug-likeness (QED) is 0.876. The van der Waals surface area contributed by atoms with E-state index in [2.05, 4.69) is 11.6 Å². The van der Waals surface area contributed by atoms with Crippen molar-refractivity contribution >= 4 is 10.0 Å². The molecular weight excluding hydrogens is 277 g/mol. The molecule has 20 heavy (non-hydrogen) atoms. The largest absolute Gasteiger partial charge is 0.241 e. The minimum Gasteiger partial charge on any atom is -0.211 e. The molecule has 1 N–H and O–H groups in total. The Morgan fingerprint density at radius 3 is 2.25 bits per heavy atom. The Labute approximate surface area is 120 Å². The summed E-state index contributed by atoms with van der Waals surface area (Å²) in [6.45, 7) is 5.86. The maximum Gasteiger partial charge on any atom is 0.241 e. The van der Waals surface area contributed by atoms with E-state index in [4.69, 9.17) is 0 Å². The van der Waals surface area contributed by atoms with Crippen LogP contribution < -0.4 is 4.72 Å². The summed E-state index contributed by atoms with van der Waals surface area (Å²) in [6.07, 6.45) is 4.29. The first-order chi connectivity index (χ1) is 9.30. The molecule has 1 aliphatic carbocycles. The molecule has 2 rings (SSSR count). The van der Waals surface area contributed by atoms with Crippen LogP contribution in [-0.4, -0.2) is 15.0 Å². The van der Waals surface area contributed by atoms with Crippen LogP contribution >= 0.6 is 0 Å². The third-order valence-corrected chi connectivity index (χ3v) is 5.77. The molecule has 5 heteroatoms. The zero-order valence-electron chi connectivity index (χ0n) is 12.3. The van der Waals surface area contributed by atoms with E-state index >= 15 is 0 Å². The Balaban J connectivity index is 2.19. The lowest BCUT2D eigenvalue weighted by molar-refractivity contribution is 0.449. The molecule has 1 aliphatic rings. The average Bonchev–Trinajstić information content (AvgIpc) is 3.06. The third-order valence-electron chi connectivity index (χ3n) is 4.07. The molecule has 0 atom stereocenters. The molecule has 0 bridgehead atoms. The molecule has 0 amide bonds. The van der Waals surface area contributed by atoms with Gasteiger partial charge in [0.05, 0.1) is 4.90 Å². The van der Waals surface area contributed by atoms with Gasteiger partial charge < -0.3 is 0 Å². The molecule has 0 spiro atoms. The Morgan fingerprint density at radius 2 is 1.80 bits per heavy atom. The highest BCUT2D eigenvalue weighted by atomic mass is 32.2. The second-order valence-corrected chi connectivity index (χ2v) is 7.65. The molecule has 0 unspecified atom stereocenters. The second kappa shape index (κ2) is 5.45. The number of nitrogens with one attached hydrogen (secondary N) is 1. The van der Waals surface area contributed by atoms with Crippen LogP contribution in [0.4, 0.5) is 4.39 Å². The van der Waals surface area contributed by atoms with Crippen LogP contribution in [0.15, 0.2) is 17.0 Å². The van der Waals surface area contributed by atoms with Crippen molar-refractivity contribution in [2.75, 3.05) is 6.54 Å². The van der Waals surface area contributed by atoms with Crippen LogP contribution in [0.25, 0.3) is 0 Å². The van der Waals surface area contributed by atoms with Gasteiger partial charge in [-0.1, -0.05) is 13.3 Å². The smallest absolute Gasteiger partial charge is 0.211 e. The third kappa shape index (κ3) is 3.20. The fraction of sp³-hybridized carbons (Fsp3) is 0.600. The van der Waals surface area contributed by atoms with Gasteiger partial charge in [-0.15, -0.1) is 0 Å². The predicted molar refractivity (Wildman–Crippen MR) is 77.6 cm³/mol. The first-order valence-electron chi connectivity index (χ1n) is 7.06. The molecule has 0 aromatic heterocycles. The molecule has 112 valence electrons. The molecule has 0 radical (unpaired) electrons. The summed E-state index contributed by atoms with van der Waals surface area (Å²) < 4.78 is 40.8. The van der Waals surface area contributed by atoms with E-state index in [1.54, 1.807) is 13.8 Å². The van der Waals surface area contributed by atoms with Crippen LogP contribution in [0.2, 0.25) is 0 Å². The van der Waals surface area contributed by atoms with Gasteiger partial charge in [0.15, 0.2) is 0 Å². The van der Waals surface area contributed by atoms with E-state index in [-0.39, 0.29) is 10.3 Å². The van der Waals surface area contributed by atoms with Crippen LogP contribution in [0.3, 0.4) is 0 Å². The number of hydrogen-bond acceptors (Lipinski definition) is 2. The van der Waals surface area contributed by atoms with Crippen LogP contribution in [0, 0.1) is 25.1 Å². The summed E-state index contributed by atoms with van der Waals surface area (Å²) in [5, 5.41) is 0. The molecule has 1 fully saturated rings. The Morgan fingerprint density at radius 1 is 1.25 bits per heavy atom. The maximum atomic E-state index is 13.3. The van der Waals surface area contributed by atoms with E-state index in [1.807, 2.05) is 0 Å². The highest BCUT2D eigenvalue weighted by Gasteiger charge is 2.42. The summed E-state index contributed by atoms with van der Waals surface area (Å²) in [4.78, 5) is 0.214. The monoisotopic (exact) mass is 299 g/mol. The Bertz CT molecular complexity index is 583. The molecule has 1 aromatic carbocycles. The van der Waals surface area contributed by atoms with E-state index in [9.17, 15) is 12.8 Å². The first-order valence-corrected chi connectivity index (χ1v) is 8.54. The number of rotatable bonds is 6. The lowest BCUT2D eigenvalue weighted by Crippen LogP contribution is -2.31. The lowest BCUT2D eigenvalue weighted by Gasteiger charge is -2.17.